The fraction of sp³-hybridized carbons (Fsp3) is 0.625. The molecule has 0 saturated carbocycles. The molecule has 0 radical (unpaired) electrons. The SMILES string of the molecule is CN=C(NCCc1nnc2n1CCCCC2)N1CC2OCCN(Cc3ccccc3)C2C1. The van der Waals surface area contributed by atoms with E-state index in [1.165, 1.54) is 24.8 Å². The van der Waals surface area contributed by atoms with Gasteiger partial charge in [0, 0.05) is 59.2 Å². The molecule has 2 aromatic rings. The molecule has 0 spiro atoms. The van der Waals surface area contributed by atoms with Crippen molar-refractivity contribution < 1.29 is 4.74 Å². The van der Waals surface area contributed by atoms with E-state index in [9.17, 15) is 0 Å². The third kappa shape index (κ3) is 4.66. The van der Waals surface area contributed by atoms with Crippen LogP contribution in [-0.4, -0.2) is 82.5 Å². The molecule has 2 saturated heterocycles. The van der Waals surface area contributed by atoms with E-state index in [0.29, 0.717) is 6.04 Å². The number of fused-ring (bicyclic) bond motifs is 2. The van der Waals surface area contributed by atoms with Crippen LogP contribution in [0.1, 0.15) is 36.5 Å². The highest BCUT2D eigenvalue weighted by molar-refractivity contribution is 5.80. The molecule has 8 nitrogen and oxygen atoms in total. The highest BCUT2D eigenvalue weighted by Crippen LogP contribution is 2.24. The van der Waals surface area contributed by atoms with Crippen molar-refractivity contribution in [1.82, 2.24) is 29.9 Å². The Kier molecular flexibility index (Phi) is 6.69. The zero-order valence-electron chi connectivity index (χ0n) is 19.1. The minimum absolute atomic E-state index is 0.235. The number of hydrogen-bond acceptors (Lipinski definition) is 5. The Bertz CT molecular complexity index is 912. The maximum Gasteiger partial charge on any atom is 0.193 e. The summed E-state index contributed by atoms with van der Waals surface area (Å²) < 4.78 is 8.47. The van der Waals surface area contributed by atoms with Gasteiger partial charge in [-0.2, -0.15) is 0 Å². The number of aryl methyl sites for hydroxylation is 1. The van der Waals surface area contributed by atoms with Crippen LogP contribution in [0.5, 0.6) is 0 Å². The Balaban J connectivity index is 1.17. The van der Waals surface area contributed by atoms with E-state index in [1.807, 2.05) is 7.05 Å². The van der Waals surface area contributed by atoms with Crippen molar-refractivity contribution in [2.24, 2.45) is 4.99 Å². The molecule has 4 heterocycles. The maximum atomic E-state index is 6.14. The number of benzene rings is 1. The van der Waals surface area contributed by atoms with Gasteiger partial charge < -0.3 is 19.5 Å². The van der Waals surface area contributed by atoms with Crippen LogP contribution < -0.4 is 5.32 Å². The Morgan fingerprint density at radius 2 is 2.03 bits per heavy atom. The van der Waals surface area contributed by atoms with Gasteiger partial charge in [-0.25, -0.2) is 0 Å². The number of morpholine rings is 1. The molecular formula is C24H35N7O. The zero-order valence-corrected chi connectivity index (χ0v) is 19.1. The number of aromatic nitrogens is 3. The molecule has 0 amide bonds. The summed E-state index contributed by atoms with van der Waals surface area (Å²) in [6.45, 7) is 6.44. The molecule has 2 fully saturated rings. The zero-order chi connectivity index (χ0) is 21.8. The molecule has 8 heteroatoms. The Labute approximate surface area is 190 Å². The highest BCUT2D eigenvalue weighted by atomic mass is 16.5. The molecule has 1 aromatic carbocycles. The quantitative estimate of drug-likeness (QED) is 0.567. The van der Waals surface area contributed by atoms with E-state index >= 15 is 0 Å². The van der Waals surface area contributed by atoms with Gasteiger partial charge in [-0.05, 0) is 18.4 Å². The lowest BCUT2D eigenvalue weighted by Gasteiger charge is -2.36. The summed E-state index contributed by atoms with van der Waals surface area (Å²) in [6.07, 6.45) is 5.89. The van der Waals surface area contributed by atoms with Gasteiger partial charge in [-0.1, -0.05) is 36.8 Å². The third-order valence-electron chi connectivity index (χ3n) is 6.97. The average molecular weight is 438 g/mol. The number of hydrogen-bond donors (Lipinski definition) is 1. The van der Waals surface area contributed by atoms with Gasteiger partial charge in [0.05, 0.1) is 18.8 Å². The van der Waals surface area contributed by atoms with Crippen molar-refractivity contribution in [2.45, 2.75) is 57.3 Å². The van der Waals surface area contributed by atoms with E-state index in [-0.39, 0.29) is 6.10 Å². The lowest BCUT2D eigenvalue weighted by molar-refractivity contribution is -0.0502. The molecule has 2 unspecified atom stereocenters. The van der Waals surface area contributed by atoms with Crippen molar-refractivity contribution in [2.75, 3.05) is 39.8 Å². The molecule has 32 heavy (non-hydrogen) atoms. The number of nitrogens with one attached hydrogen (secondary N) is 1. The molecule has 5 rings (SSSR count). The second-order valence-electron chi connectivity index (χ2n) is 9.06. The molecule has 1 N–H and O–H groups in total. The van der Waals surface area contributed by atoms with Gasteiger partial charge in [0.2, 0.25) is 0 Å². The molecule has 3 aliphatic heterocycles. The first kappa shape index (κ1) is 21.4. The molecule has 0 bridgehead atoms. The average Bonchev–Trinajstić information content (AvgIpc) is 3.34. The van der Waals surface area contributed by atoms with Gasteiger partial charge in [0.15, 0.2) is 5.96 Å². The molecule has 3 aliphatic rings. The first-order valence-electron chi connectivity index (χ1n) is 12.1. The van der Waals surface area contributed by atoms with E-state index in [0.717, 1.165) is 76.3 Å². The van der Waals surface area contributed by atoms with Crippen LogP contribution in [0.25, 0.3) is 0 Å². The summed E-state index contributed by atoms with van der Waals surface area (Å²) in [6, 6.07) is 11.1. The smallest absolute Gasteiger partial charge is 0.193 e. The van der Waals surface area contributed by atoms with Crippen molar-refractivity contribution in [3.05, 3.63) is 47.5 Å². The molecule has 1 aromatic heterocycles. The topological polar surface area (TPSA) is 70.8 Å². The second kappa shape index (κ2) is 10.0. The monoisotopic (exact) mass is 437 g/mol. The lowest BCUT2D eigenvalue weighted by Crippen LogP contribution is -2.50. The summed E-state index contributed by atoms with van der Waals surface area (Å²) in [5.41, 5.74) is 1.36. The predicted molar refractivity (Wildman–Crippen MR) is 125 cm³/mol. The number of guanidine groups is 1. The first-order valence-corrected chi connectivity index (χ1v) is 12.1. The summed E-state index contributed by atoms with van der Waals surface area (Å²) in [7, 11) is 1.87. The molecular weight excluding hydrogens is 402 g/mol. The van der Waals surface area contributed by atoms with Crippen LogP contribution in [0.3, 0.4) is 0 Å². The number of nitrogens with zero attached hydrogens (tertiary/aromatic N) is 6. The normalized spacial score (nSPS) is 24.2. The minimum Gasteiger partial charge on any atom is -0.373 e. The molecule has 0 aliphatic carbocycles. The minimum atomic E-state index is 0.235. The van der Waals surface area contributed by atoms with Gasteiger partial charge in [-0.3, -0.25) is 9.89 Å². The molecule has 2 atom stereocenters. The first-order chi connectivity index (χ1) is 15.8. The standard InChI is InChI=1S/C24H35N7O/c1-25-24(26-12-11-23-28-27-22-10-6-3-7-13-31(22)23)30-17-20-21(18-30)32-15-14-29(20)16-19-8-4-2-5-9-19/h2,4-5,8-9,20-21H,3,6-7,10-18H2,1H3,(H,25,26). The van der Waals surface area contributed by atoms with Crippen LogP contribution in [-0.2, 0) is 30.7 Å². The van der Waals surface area contributed by atoms with Gasteiger partial charge >= 0.3 is 0 Å². The van der Waals surface area contributed by atoms with E-state index in [1.54, 1.807) is 0 Å². The van der Waals surface area contributed by atoms with Crippen LogP contribution in [0.4, 0.5) is 0 Å². The second-order valence-corrected chi connectivity index (χ2v) is 9.06. The highest BCUT2D eigenvalue weighted by Gasteiger charge is 2.41. The maximum absolute atomic E-state index is 6.14. The van der Waals surface area contributed by atoms with Crippen LogP contribution in [0.2, 0.25) is 0 Å². The predicted octanol–water partition coefficient (Wildman–Crippen LogP) is 1.71. The van der Waals surface area contributed by atoms with Crippen LogP contribution in [0.15, 0.2) is 35.3 Å². The summed E-state index contributed by atoms with van der Waals surface area (Å²) >= 11 is 0. The van der Waals surface area contributed by atoms with Gasteiger partial charge in [-0.15, -0.1) is 10.2 Å². The van der Waals surface area contributed by atoms with E-state index in [2.05, 4.69) is 65.2 Å². The fourth-order valence-electron chi connectivity index (χ4n) is 5.29. The summed E-state index contributed by atoms with van der Waals surface area (Å²) in [5, 5.41) is 12.5. The Hall–Kier alpha value is -2.45. The molecule has 172 valence electrons. The number of likely N-dealkylation sites (tertiary alicyclic amines) is 1. The third-order valence-corrected chi connectivity index (χ3v) is 6.97. The van der Waals surface area contributed by atoms with Crippen molar-refractivity contribution in [1.29, 1.82) is 0 Å². The summed E-state index contributed by atoms with van der Waals surface area (Å²) in [4.78, 5) is 9.49. The number of ether oxygens (including phenoxy) is 1. The lowest BCUT2D eigenvalue weighted by atomic mass is 10.1. The van der Waals surface area contributed by atoms with Crippen molar-refractivity contribution >= 4 is 5.96 Å². The van der Waals surface area contributed by atoms with Gasteiger partial charge in [0.25, 0.3) is 0 Å². The van der Waals surface area contributed by atoms with Crippen LogP contribution >= 0.6 is 0 Å². The Morgan fingerprint density at radius 1 is 1.12 bits per heavy atom. The van der Waals surface area contributed by atoms with Gasteiger partial charge in [0.1, 0.15) is 11.6 Å². The van der Waals surface area contributed by atoms with E-state index in [4.69, 9.17) is 4.74 Å². The Morgan fingerprint density at radius 3 is 2.91 bits per heavy atom. The van der Waals surface area contributed by atoms with Crippen molar-refractivity contribution in [3.63, 3.8) is 0 Å². The largest absolute Gasteiger partial charge is 0.373 e. The fourth-order valence-corrected chi connectivity index (χ4v) is 5.29. The van der Waals surface area contributed by atoms with Crippen LogP contribution in [0, 0.1) is 0 Å². The number of aliphatic imine (C=N–C) groups is 1. The van der Waals surface area contributed by atoms with Crippen molar-refractivity contribution in [3.8, 4) is 0 Å². The van der Waals surface area contributed by atoms with E-state index < -0.39 is 0 Å². The number of rotatable bonds is 5. The summed E-state index contributed by atoms with van der Waals surface area (Å²) in [5.74, 6) is 3.21.